The smallest absolute Gasteiger partial charge is 0.318 e. The van der Waals surface area contributed by atoms with Gasteiger partial charge >= 0.3 is 6.03 Å². The zero-order valence-corrected chi connectivity index (χ0v) is 14.8. The van der Waals surface area contributed by atoms with E-state index in [0.717, 1.165) is 38.4 Å². The number of hydrogen-bond donors (Lipinski definition) is 2. The largest absolute Gasteiger partial charge is 0.395 e. The predicted octanol–water partition coefficient (Wildman–Crippen LogP) is 1.56. The number of benzene rings is 1. The third-order valence-electron chi connectivity index (χ3n) is 3.98. The number of rotatable bonds is 7. The van der Waals surface area contributed by atoms with Crippen molar-refractivity contribution >= 4 is 17.6 Å². The van der Waals surface area contributed by atoms with Gasteiger partial charge in [-0.3, -0.25) is 4.90 Å². The summed E-state index contributed by atoms with van der Waals surface area (Å²) in [6.45, 7) is 6.58. The summed E-state index contributed by atoms with van der Waals surface area (Å²) in [5, 5.41) is 12.9. The van der Waals surface area contributed by atoms with Crippen LogP contribution in [0, 0.1) is 0 Å². The average Bonchev–Trinajstić information content (AvgIpc) is 2.57. The number of urea groups is 1. The summed E-state index contributed by atoms with van der Waals surface area (Å²) in [6.07, 6.45) is 0. The minimum atomic E-state index is -0.190. The summed E-state index contributed by atoms with van der Waals surface area (Å²) < 4.78 is 5.33. The van der Waals surface area contributed by atoms with E-state index in [1.54, 1.807) is 11.0 Å². The Morgan fingerprint density at radius 3 is 2.79 bits per heavy atom. The Morgan fingerprint density at radius 1 is 1.42 bits per heavy atom. The van der Waals surface area contributed by atoms with Crippen LogP contribution in [0.2, 0.25) is 5.02 Å². The van der Waals surface area contributed by atoms with Gasteiger partial charge in [-0.1, -0.05) is 29.8 Å². The molecule has 0 aliphatic carbocycles. The molecule has 1 heterocycles. The number of amides is 2. The number of halogens is 1. The third-order valence-corrected chi connectivity index (χ3v) is 4.35. The van der Waals surface area contributed by atoms with E-state index in [9.17, 15) is 9.90 Å². The molecule has 2 N–H and O–H groups in total. The summed E-state index contributed by atoms with van der Waals surface area (Å²) >= 11 is 6.17. The molecule has 7 heteroatoms. The van der Waals surface area contributed by atoms with Gasteiger partial charge in [-0.15, -0.1) is 0 Å². The molecule has 0 aromatic heterocycles. The Bertz CT molecular complexity index is 524. The fourth-order valence-corrected chi connectivity index (χ4v) is 2.92. The average molecular weight is 356 g/mol. The summed E-state index contributed by atoms with van der Waals surface area (Å²) in [7, 11) is 0. The number of nitrogens with one attached hydrogen (secondary N) is 1. The number of hydrogen-bond acceptors (Lipinski definition) is 4. The van der Waals surface area contributed by atoms with Crippen LogP contribution in [0.3, 0.4) is 0 Å². The van der Waals surface area contributed by atoms with Crippen LogP contribution in [0.4, 0.5) is 4.79 Å². The normalized spacial score (nSPS) is 16.6. The maximum Gasteiger partial charge on any atom is 0.318 e. The first-order valence-corrected chi connectivity index (χ1v) is 8.67. The second-order valence-electron chi connectivity index (χ2n) is 6.00. The van der Waals surface area contributed by atoms with Gasteiger partial charge in [0, 0.05) is 43.8 Å². The van der Waals surface area contributed by atoms with Crippen molar-refractivity contribution in [1.29, 1.82) is 0 Å². The molecular formula is C17H26ClN3O3. The Balaban J connectivity index is 1.89. The summed E-state index contributed by atoms with van der Waals surface area (Å²) in [5.74, 6) is 0. The Labute approximate surface area is 148 Å². The molecule has 0 bridgehead atoms. The Kier molecular flexibility index (Phi) is 7.78. The van der Waals surface area contributed by atoms with Crippen molar-refractivity contribution < 1.29 is 14.6 Å². The molecule has 0 spiro atoms. The molecule has 1 aliphatic rings. The molecule has 1 aromatic carbocycles. The Morgan fingerprint density at radius 2 is 2.12 bits per heavy atom. The number of morpholine rings is 1. The highest BCUT2D eigenvalue weighted by Gasteiger charge is 2.19. The van der Waals surface area contributed by atoms with E-state index < -0.39 is 0 Å². The molecule has 1 saturated heterocycles. The number of ether oxygens (including phenoxy) is 1. The lowest BCUT2D eigenvalue weighted by Gasteiger charge is -2.31. The maximum absolute atomic E-state index is 12.5. The predicted molar refractivity (Wildman–Crippen MR) is 94.2 cm³/mol. The van der Waals surface area contributed by atoms with Gasteiger partial charge in [0.05, 0.1) is 19.8 Å². The van der Waals surface area contributed by atoms with Crippen molar-refractivity contribution in [2.75, 3.05) is 46.0 Å². The number of nitrogens with zero attached hydrogens (tertiary/aromatic N) is 2. The lowest BCUT2D eigenvalue weighted by molar-refractivity contribution is 0.0346. The van der Waals surface area contributed by atoms with E-state index in [2.05, 4.69) is 10.2 Å². The molecule has 1 atom stereocenters. The highest BCUT2D eigenvalue weighted by atomic mass is 35.5. The van der Waals surface area contributed by atoms with Gasteiger partial charge in [0.1, 0.15) is 0 Å². The number of aliphatic hydroxyl groups is 1. The SMILES string of the molecule is C[C@H](CN1CCOCC1)NC(=O)N(CCO)Cc1ccccc1Cl. The third kappa shape index (κ3) is 5.94. The minimum absolute atomic E-state index is 0.0167. The lowest BCUT2D eigenvalue weighted by Crippen LogP contribution is -2.50. The molecule has 24 heavy (non-hydrogen) atoms. The monoisotopic (exact) mass is 355 g/mol. The molecule has 6 nitrogen and oxygen atoms in total. The van der Waals surface area contributed by atoms with Crippen molar-refractivity contribution in [3.8, 4) is 0 Å². The van der Waals surface area contributed by atoms with Crippen LogP contribution in [-0.4, -0.2) is 73.0 Å². The van der Waals surface area contributed by atoms with Gasteiger partial charge in [-0.2, -0.15) is 0 Å². The molecule has 1 aromatic rings. The fourth-order valence-electron chi connectivity index (χ4n) is 2.72. The van der Waals surface area contributed by atoms with Crippen LogP contribution in [0.25, 0.3) is 0 Å². The molecule has 0 radical (unpaired) electrons. The molecule has 0 saturated carbocycles. The second kappa shape index (κ2) is 9.84. The molecular weight excluding hydrogens is 330 g/mol. The van der Waals surface area contributed by atoms with Gasteiger partial charge in [-0.05, 0) is 18.6 Å². The molecule has 0 unspecified atom stereocenters. The Hall–Kier alpha value is -1.34. The van der Waals surface area contributed by atoms with Crippen molar-refractivity contribution in [1.82, 2.24) is 15.1 Å². The summed E-state index contributed by atoms with van der Waals surface area (Å²) in [5.41, 5.74) is 0.864. The zero-order valence-electron chi connectivity index (χ0n) is 14.1. The minimum Gasteiger partial charge on any atom is -0.395 e. The first-order chi connectivity index (χ1) is 11.6. The highest BCUT2D eigenvalue weighted by Crippen LogP contribution is 2.17. The van der Waals surface area contributed by atoms with Crippen LogP contribution in [0.1, 0.15) is 12.5 Å². The first kappa shape index (κ1) is 19.0. The highest BCUT2D eigenvalue weighted by molar-refractivity contribution is 6.31. The first-order valence-electron chi connectivity index (χ1n) is 8.30. The van der Waals surface area contributed by atoms with E-state index >= 15 is 0 Å². The number of carbonyl (C=O) groups is 1. The van der Waals surface area contributed by atoms with Gasteiger partial charge in [-0.25, -0.2) is 4.79 Å². The quantitative estimate of drug-likeness (QED) is 0.779. The van der Waals surface area contributed by atoms with Crippen molar-refractivity contribution in [3.05, 3.63) is 34.9 Å². The summed E-state index contributed by atoms with van der Waals surface area (Å²) in [6, 6.07) is 7.25. The maximum atomic E-state index is 12.5. The number of carbonyl (C=O) groups excluding carboxylic acids is 1. The van der Waals surface area contributed by atoms with Crippen molar-refractivity contribution in [2.45, 2.75) is 19.5 Å². The molecule has 2 amide bonds. The van der Waals surface area contributed by atoms with Gasteiger partial charge in [0.2, 0.25) is 0 Å². The van der Waals surface area contributed by atoms with Crippen LogP contribution >= 0.6 is 11.6 Å². The topological polar surface area (TPSA) is 65.0 Å². The fraction of sp³-hybridized carbons (Fsp3) is 0.588. The molecule has 134 valence electrons. The van der Waals surface area contributed by atoms with E-state index in [1.165, 1.54) is 0 Å². The molecule has 1 aliphatic heterocycles. The van der Waals surface area contributed by atoms with Crippen molar-refractivity contribution in [2.24, 2.45) is 0 Å². The van der Waals surface area contributed by atoms with Crippen LogP contribution in [-0.2, 0) is 11.3 Å². The molecule has 1 fully saturated rings. The van der Waals surface area contributed by atoms with Crippen LogP contribution in [0.5, 0.6) is 0 Å². The van der Waals surface area contributed by atoms with Gasteiger partial charge in [0.15, 0.2) is 0 Å². The zero-order chi connectivity index (χ0) is 17.4. The van der Waals surface area contributed by atoms with E-state index in [1.807, 2.05) is 25.1 Å². The van der Waals surface area contributed by atoms with Gasteiger partial charge < -0.3 is 20.1 Å². The van der Waals surface area contributed by atoms with Crippen molar-refractivity contribution in [3.63, 3.8) is 0 Å². The van der Waals surface area contributed by atoms with Gasteiger partial charge in [0.25, 0.3) is 0 Å². The second-order valence-corrected chi connectivity index (χ2v) is 6.41. The van der Waals surface area contributed by atoms with E-state index in [0.29, 0.717) is 11.6 Å². The lowest BCUT2D eigenvalue weighted by atomic mass is 10.2. The molecule has 2 rings (SSSR count). The van der Waals surface area contributed by atoms with E-state index in [-0.39, 0.29) is 25.2 Å². The van der Waals surface area contributed by atoms with Crippen LogP contribution < -0.4 is 5.32 Å². The van der Waals surface area contributed by atoms with E-state index in [4.69, 9.17) is 16.3 Å². The summed E-state index contributed by atoms with van der Waals surface area (Å²) in [4.78, 5) is 16.4. The van der Waals surface area contributed by atoms with Crippen LogP contribution in [0.15, 0.2) is 24.3 Å². The standard InChI is InChI=1S/C17H26ClN3O3/c1-14(12-20-7-10-24-11-8-20)19-17(23)21(6-9-22)13-15-4-2-3-5-16(15)18/h2-5,14,22H,6-13H2,1H3,(H,19,23)/t14-/m1/s1. The number of aliphatic hydroxyl groups excluding tert-OH is 1.